The Morgan fingerprint density at radius 1 is 1.40 bits per heavy atom. The summed E-state index contributed by atoms with van der Waals surface area (Å²) in [5.41, 5.74) is 0.590. The first-order valence-corrected chi connectivity index (χ1v) is 6.86. The van der Waals surface area contributed by atoms with E-state index in [0.29, 0.717) is 12.1 Å². The van der Waals surface area contributed by atoms with Crippen molar-refractivity contribution in [3.63, 3.8) is 0 Å². The zero-order valence-corrected chi connectivity index (χ0v) is 12.4. The largest absolute Gasteiger partial charge is 0.391 e. The quantitative estimate of drug-likeness (QED) is 0.751. The summed E-state index contributed by atoms with van der Waals surface area (Å²) in [6.45, 7) is 5.67. The van der Waals surface area contributed by atoms with Crippen LogP contribution in [-0.2, 0) is 0 Å². The van der Waals surface area contributed by atoms with Crippen LogP contribution in [0.1, 0.15) is 37.6 Å². The normalized spacial score (nSPS) is 13.9. The van der Waals surface area contributed by atoms with Gasteiger partial charge in [-0.3, -0.25) is 4.79 Å². The van der Waals surface area contributed by atoms with Crippen LogP contribution in [0.25, 0.3) is 0 Å². The lowest BCUT2D eigenvalue weighted by Crippen LogP contribution is -2.45. The van der Waals surface area contributed by atoms with Gasteiger partial charge in [0.15, 0.2) is 0 Å². The summed E-state index contributed by atoms with van der Waals surface area (Å²) in [5, 5.41) is 15.5. The van der Waals surface area contributed by atoms with Crippen molar-refractivity contribution in [2.75, 3.05) is 12.4 Å². The number of hydrogen-bond acceptors (Lipinski definition) is 3. The van der Waals surface area contributed by atoms with Gasteiger partial charge in [-0.1, -0.05) is 20.8 Å². The van der Waals surface area contributed by atoms with Gasteiger partial charge in [0.05, 0.1) is 17.8 Å². The maximum Gasteiger partial charge on any atom is 0.251 e. The molecule has 0 saturated heterocycles. The van der Waals surface area contributed by atoms with Gasteiger partial charge in [0.1, 0.15) is 5.82 Å². The van der Waals surface area contributed by atoms with Crippen LogP contribution >= 0.6 is 0 Å². The molecular weight excluding hydrogens is 259 g/mol. The minimum Gasteiger partial charge on any atom is -0.391 e. The summed E-state index contributed by atoms with van der Waals surface area (Å²) >= 11 is 0. The van der Waals surface area contributed by atoms with Gasteiger partial charge in [-0.15, -0.1) is 0 Å². The first-order valence-electron chi connectivity index (χ1n) is 6.86. The van der Waals surface area contributed by atoms with Gasteiger partial charge in [0.25, 0.3) is 5.91 Å². The van der Waals surface area contributed by atoms with Crippen LogP contribution in [0, 0.1) is 11.7 Å². The van der Waals surface area contributed by atoms with E-state index in [2.05, 4.69) is 10.6 Å². The van der Waals surface area contributed by atoms with E-state index in [0.717, 1.165) is 0 Å². The number of aliphatic hydroxyl groups excluding tert-OH is 1. The Balaban J connectivity index is 2.82. The molecule has 0 aliphatic rings. The van der Waals surface area contributed by atoms with Crippen molar-refractivity contribution in [3.05, 3.63) is 29.6 Å². The molecule has 4 nitrogen and oxygen atoms in total. The molecule has 2 unspecified atom stereocenters. The Morgan fingerprint density at radius 3 is 2.50 bits per heavy atom. The van der Waals surface area contributed by atoms with Crippen molar-refractivity contribution in [3.8, 4) is 0 Å². The van der Waals surface area contributed by atoms with Crippen LogP contribution in [-0.4, -0.2) is 30.2 Å². The van der Waals surface area contributed by atoms with E-state index >= 15 is 0 Å². The van der Waals surface area contributed by atoms with Gasteiger partial charge in [0, 0.05) is 12.6 Å². The molecule has 112 valence electrons. The van der Waals surface area contributed by atoms with Crippen LogP contribution in [0.2, 0.25) is 0 Å². The number of carbonyl (C=O) groups excluding carboxylic acids is 1. The Kier molecular flexibility index (Phi) is 5.95. The number of nitrogens with one attached hydrogen (secondary N) is 2. The molecule has 0 radical (unpaired) electrons. The van der Waals surface area contributed by atoms with E-state index in [1.165, 1.54) is 12.1 Å². The van der Waals surface area contributed by atoms with Gasteiger partial charge in [0.2, 0.25) is 0 Å². The Morgan fingerprint density at radius 2 is 2.05 bits per heavy atom. The number of amides is 1. The molecular formula is C15H23FN2O2. The Labute approximate surface area is 119 Å². The lowest BCUT2D eigenvalue weighted by atomic mass is 9.97. The fourth-order valence-corrected chi connectivity index (χ4v) is 2.00. The highest BCUT2D eigenvalue weighted by molar-refractivity contribution is 5.94. The van der Waals surface area contributed by atoms with Gasteiger partial charge in [-0.2, -0.15) is 0 Å². The third-order valence-electron chi connectivity index (χ3n) is 3.35. The van der Waals surface area contributed by atoms with Gasteiger partial charge in [-0.05, 0) is 30.5 Å². The molecule has 20 heavy (non-hydrogen) atoms. The van der Waals surface area contributed by atoms with Gasteiger partial charge < -0.3 is 15.7 Å². The van der Waals surface area contributed by atoms with Crippen molar-refractivity contribution < 1.29 is 14.3 Å². The predicted octanol–water partition coefficient (Wildman–Crippen LogP) is 2.39. The summed E-state index contributed by atoms with van der Waals surface area (Å²) in [5.74, 6) is -0.806. The fraction of sp³-hybridized carbons (Fsp3) is 0.533. The van der Waals surface area contributed by atoms with Crippen molar-refractivity contribution >= 4 is 11.6 Å². The second-order valence-electron chi connectivity index (χ2n) is 5.17. The van der Waals surface area contributed by atoms with Gasteiger partial charge >= 0.3 is 0 Å². The van der Waals surface area contributed by atoms with Crippen molar-refractivity contribution in [2.45, 2.75) is 39.3 Å². The molecule has 2 atom stereocenters. The number of hydrogen-bond donors (Lipinski definition) is 3. The maximum absolute atomic E-state index is 13.6. The molecule has 1 aromatic rings. The Bertz CT molecular complexity index is 463. The van der Waals surface area contributed by atoms with E-state index in [-0.39, 0.29) is 23.4 Å². The van der Waals surface area contributed by atoms with Crippen molar-refractivity contribution in [1.29, 1.82) is 0 Å². The molecule has 0 saturated carbocycles. The summed E-state index contributed by atoms with van der Waals surface area (Å²) in [6, 6.07) is 3.92. The zero-order valence-electron chi connectivity index (χ0n) is 12.4. The van der Waals surface area contributed by atoms with Crippen LogP contribution in [0.15, 0.2) is 18.2 Å². The highest BCUT2D eigenvalue weighted by Crippen LogP contribution is 2.16. The van der Waals surface area contributed by atoms with E-state index < -0.39 is 11.9 Å². The molecule has 3 N–H and O–H groups in total. The Hall–Kier alpha value is -1.62. The molecule has 0 fully saturated rings. The van der Waals surface area contributed by atoms with E-state index in [4.69, 9.17) is 0 Å². The standard InChI is InChI=1S/C15H23FN2O2/c1-5-12(14(19)9(2)3)18-15(20)10-6-7-13(17-4)11(16)8-10/h6-9,12,14,17,19H,5H2,1-4H3,(H,18,20). The molecule has 0 bridgehead atoms. The molecule has 0 heterocycles. The van der Waals surface area contributed by atoms with E-state index in [9.17, 15) is 14.3 Å². The van der Waals surface area contributed by atoms with Crippen LogP contribution in [0.5, 0.6) is 0 Å². The lowest BCUT2D eigenvalue weighted by molar-refractivity contribution is 0.0677. The number of carbonyl (C=O) groups is 1. The number of aliphatic hydroxyl groups is 1. The summed E-state index contributed by atoms with van der Waals surface area (Å²) < 4.78 is 13.6. The van der Waals surface area contributed by atoms with Crippen LogP contribution in [0.4, 0.5) is 10.1 Å². The van der Waals surface area contributed by atoms with Crippen molar-refractivity contribution in [1.82, 2.24) is 5.32 Å². The molecule has 0 aliphatic carbocycles. The maximum atomic E-state index is 13.6. The second-order valence-corrected chi connectivity index (χ2v) is 5.17. The third-order valence-corrected chi connectivity index (χ3v) is 3.35. The van der Waals surface area contributed by atoms with Crippen molar-refractivity contribution in [2.24, 2.45) is 5.92 Å². The smallest absolute Gasteiger partial charge is 0.251 e. The topological polar surface area (TPSA) is 61.4 Å². The number of halogens is 1. The number of rotatable bonds is 6. The van der Waals surface area contributed by atoms with Crippen LogP contribution in [0.3, 0.4) is 0 Å². The van der Waals surface area contributed by atoms with Crippen LogP contribution < -0.4 is 10.6 Å². The predicted molar refractivity (Wildman–Crippen MR) is 78.3 cm³/mol. The SMILES string of the molecule is CCC(NC(=O)c1ccc(NC)c(F)c1)C(O)C(C)C. The fourth-order valence-electron chi connectivity index (χ4n) is 2.00. The minimum absolute atomic E-state index is 0.0450. The molecule has 0 spiro atoms. The average molecular weight is 282 g/mol. The average Bonchev–Trinajstić information content (AvgIpc) is 2.43. The first kappa shape index (κ1) is 16.4. The van der Waals surface area contributed by atoms with E-state index in [1.54, 1.807) is 13.1 Å². The minimum atomic E-state index is -0.620. The summed E-state index contributed by atoms with van der Waals surface area (Å²) in [7, 11) is 1.62. The molecule has 1 amide bonds. The molecule has 5 heteroatoms. The highest BCUT2D eigenvalue weighted by atomic mass is 19.1. The second kappa shape index (κ2) is 7.24. The third kappa shape index (κ3) is 3.93. The zero-order chi connectivity index (χ0) is 15.3. The monoisotopic (exact) mass is 282 g/mol. The molecule has 1 aromatic carbocycles. The highest BCUT2D eigenvalue weighted by Gasteiger charge is 2.23. The number of anilines is 1. The van der Waals surface area contributed by atoms with Gasteiger partial charge in [-0.25, -0.2) is 4.39 Å². The summed E-state index contributed by atoms with van der Waals surface area (Å²) in [6.07, 6.45) is -0.00676. The lowest BCUT2D eigenvalue weighted by Gasteiger charge is -2.25. The molecule has 0 aliphatic heterocycles. The van der Waals surface area contributed by atoms with E-state index in [1.807, 2.05) is 20.8 Å². The molecule has 1 rings (SSSR count). The number of benzene rings is 1. The first-order chi connectivity index (χ1) is 9.40. The molecule has 0 aromatic heterocycles. The summed E-state index contributed by atoms with van der Waals surface area (Å²) in [4.78, 5) is 12.1.